The maximum absolute atomic E-state index is 13.0. The molecule has 4 rings (SSSR count). The van der Waals surface area contributed by atoms with Gasteiger partial charge in [0.1, 0.15) is 5.75 Å². The molecule has 0 amide bonds. The molecule has 0 aliphatic heterocycles. The molecule has 0 N–H and O–H groups in total. The van der Waals surface area contributed by atoms with Crippen molar-refractivity contribution in [2.24, 2.45) is 5.41 Å². The first-order valence-electron chi connectivity index (χ1n) is 9.42. The van der Waals surface area contributed by atoms with E-state index in [-0.39, 0.29) is 11.2 Å². The van der Waals surface area contributed by atoms with Crippen LogP contribution in [0.1, 0.15) is 43.2 Å². The third kappa shape index (κ3) is 3.27. The number of hydrogen-bond acceptors (Lipinski definition) is 3. The first kappa shape index (κ1) is 17.5. The zero-order chi connectivity index (χ0) is 19.0. The van der Waals surface area contributed by atoms with Crippen LogP contribution in [0.15, 0.2) is 54.6 Å². The van der Waals surface area contributed by atoms with Gasteiger partial charge in [0.2, 0.25) is 0 Å². The quantitative estimate of drug-likeness (QED) is 0.651. The molecule has 0 atom stereocenters. The highest BCUT2D eigenvalue weighted by Crippen LogP contribution is 2.40. The van der Waals surface area contributed by atoms with Gasteiger partial charge in [0.05, 0.1) is 29.2 Å². The van der Waals surface area contributed by atoms with Crippen LogP contribution in [0.5, 0.6) is 5.75 Å². The molecular formula is C23H24N2O2. The van der Waals surface area contributed by atoms with Crippen LogP contribution < -0.4 is 4.74 Å². The van der Waals surface area contributed by atoms with E-state index in [9.17, 15) is 4.79 Å². The second kappa shape index (κ2) is 6.69. The summed E-state index contributed by atoms with van der Waals surface area (Å²) in [6, 6.07) is 17.9. The summed E-state index contributed by atoms with van der Waals surface area (Å²) in [5.41, 5.74) is 4.41. The standard InChI is InChI=1S/C23H24N2O2/c1-4-27-18-12-10-16(11-13-18)22-21-19(14-23(2,3)15-20(21)26)24-25(22)17-8-6-5-7-9-17/h5-13H,4,14-15H2,1-3H3. The summed E-state index contributed by atoms with van der Waals surface area (Å²) in [5.74, 6) is 1.00. The van der Waals surface area contributed by atoms with Crippen molar-refractivity contribution < 1.29 is 9.53 Å². The molecule has 0 saturated carbocycles. The van der Waals surface area contributed by atoms with E-state index in [2.05, 4.69) is 13.8 Å². The lowest BCUT2D eigenvalue weighted by atomic mass is 9.75. The molecule has 138 valence electrons. The van der Waals surface area contributed by atoms with Crippen LogP contribution in [-0.4, -0.2) is 22.2 Å². The van der Waals surface area contributed by atoms with Crippen molar-refractivity contribution in [3.63, 3.8) is 0 Å². The van der Waals surface area contributed by atoms with E-state index in [4.69, 9.17) is 9.84 Å². The molecule has 4 heteroatoms. The molecule has 4 nitrogen and oxygen atoms in total. The minimum atomic E-state index is -0.0595. The Bertz CT molecular complexity index is 970. The van der Waals surface area contributed by atoms with Gasteiger partial charge >= 0.3 is 0 Å². The molecule has 1 aliphatic carbocycles. The van der Waals surface area contributed by atoms with Gasteiger partial charge in [-0.05, 0) is 55.2 Å². The van der Waals surface area contributed by atoms with E-state index >= 15 is 0 Å². The van der Waals surface area contributed by atoms with Crippen LogP contribution >= 0.6 is 0 Å². The SMILES string of the molecule is CCOc1ccc(-c2c3c(nn2-c2ccccc2)CC(C)(C)CC3=O)cc1. The van der Waals surface area contributed by atoms with Crippen molar-refractivity contribution in [1.82, 2.24) is 9.78 Å². The Balaban J connectivity index is 1.91. The number of para-hydroxylation sites is 1. The summed E-state index contributed by atoms with van der Waals surface area (Å²) >= 11 is 0. The minimum absolute atomic E-state index is 0.0595. The number of fused-ring (bicyclic) bond motifs is 1. The molecule has 1 aromatic heterocycles. The lowest BCUT2D eigenvalue weighted by Gasteiger charge is -2.27. The van der Waals surface area contributed by atoms with E-state index < -0.39 is 0 Å². The number of aromatic nitrogens is 2. The molecule has 2 aromatic carbocycles. The molecule has 0 unspecified atom stereocenters. The molecule has 0 radical (unpaired) electrons. The van der Waals surface area contributed by atoms with Gasteiger partial charge in [0.15, 0.2) is 5.78 Å². The van der Waals surface area contributed by atoms with Crippen molar-refractivity contribution in [3.05, 3.63) is 65.9 Å². The van der Waals surface area contributed by atoms with E-state index in [1.54, 1.807) is 0 Å². The first-order valence-corrected chi connectivity index (χ1v) is 9.42. The van der Waals surface area contributed by atoms with Gasteiger partial charge in [-0.1, -0.05) is 32.0 Å². The summed E-state index contributed by atoms with van der Waals surface area (Å²) in [6.45, 7) is 6.86. The van der Waals surface area contributed by atoms with Crippen LogP contribution in [0.3, 0.4) is 0 Å². The summed E-state index contributed by atoms with van der Waals surface area (Å²) in [7, 11) is 0. The van der Waals surface area contributed by atoms with Gasteiger partial charge in [-0.15, -0.1) is 0 Å². The Morgan fingerprint density at radius 1 is 1.04 bits per heavy atom. The second-order valence-electron chi connectivity index (χ2n) is 7.82. The van der Waals surface area contributed by atoms with Gasteiger partial charge in [-0.2, -0.15) is 5.10 Å². The topological polar surface area (TPSA) is 44.1 Å². The van der Waals surface area contributed by atoms with Gasteiger partial charge < -0.3 is 4.74 Å². The molecule has 1 aliphatic rings. The number of hydrogen-bond donors (Lipinski definition) is 0. The van der Waals surface area contributed by atoms with Crippen LogP contribution in [0.4, 0.5) is 0 Å². The monoisotopic (exact) mass is 360 g/mol. The number of benzene rings is 2. The second-order valence-corrected chi connectivity index (χ2v) is 7.82. The normalized spacial score (nSPS) is 15.4. The van der Waals surface area contributed by atoms with E-state index in [1.165, 1.54) is 0 Å². The average molecular weight is 360 g/mol. The fourth-order valence-corrected chi connectivity index (χ4v) is 3.82. The Morgan fingerprint density at radius 2 is 1.74 bits per heavy atom. The predicted molar refractivity (Wildman–Crippen MR) is 107 cm³/mol. The van der Waals surface area contributed by atoms with Crippen LogP contribution in [0.2, 0.25) is 0 Å². The Kier molecular flexibility index (Phi) is 4.34. The summed E-state index contributed by atoms with van der Waals surface area (Å²) in [4.78, 5) is 13.0. The smallest absolute Gasteiger partial charge is 0.167 e. The van der Waals surface area contributed by atoms with Crippen molar-refractivity contribution in [3.8, 4) is 22.7 Å². The van der Waals surface area contributed by atoms with Crippen LogP contribution in [0.25, 0.3) is 16.9 Å². The maximum atomic E-state index is 13.0. The summed E-state index contributed by atoms with van der Waals surface area (Å²) in [6.07, 6.45) is 1.35. The maximum Gasteiger partial charge on any atom is 0.167 e. The van der Waals surface area contributed by atoms with Crippen molar-refractivity contribution in [2.75, 3.05) is 6.61 Å². The first-order chi connectivity index (χ1) is 13.0. The average Bonchev–Trinajstić information content (AvgIpc) is 3.02. The predicted octanol–water partition coefficient (Wildman–Crippen LogP) is 5.09. The minimum Gasteiger partial charge on any atom is -0.494 e. The number of nitrogens with zero attached hydrogens (tertiary/aromatic N) is 2. The summed E-state index contributed by atoms with van der Waals surface area (Å²) < 4.78 is 7.48. The van der Waals surface area contributed by atoms with Gasteiger partial charge in [-0.25, -0.2) is 4.68 Å². The van der Waals surface area contributed by atoms with Crippen molar-refractivity contribution in [1.29, 1.82) is 0 Å². The molecule has 0 saturated heterocycles. The third-order valence-corrected chi connectivity index (χ3v) is 4.96. The molecule has 27 heavy (non-hydrogen) atoms. The molecule has 3 aromatic rings. The van der Waals surface area contributed by atoms with Crippen molar-refractivity contribution >= 4 is 5.78 Å². The Morgan fingerprint density at radius 3 is 2.41 bits per heavy atom. The fraction of sp³-hybridized carbons (Fsp3) is 0.304. The van der Waals surface area contributed by atoms with Crippen molar-refractivity contribution in [2.45, 2.75) is 33.6 Å². The van der Waals surface area contributed by atoms with Gasteiger partial charge in [0.25, 0.3) is 0 Å². The molecule has 0 bridgehead atoms. The summed E-state index contributed by atoms with van der Waals surface area (Å²) in [5, 5.41) is 4.87. The van der Waals surface area contributed by atoms with Crippen LogP contribution in [0, 0.1) is 5.41 Å². The lowest BCUT2D eigenvalue weighted by Crippen LogP contribution is -2.26. The molecule has 0 fully saturated rings. The Labute approximate surface area is 159 Å². The zero-order valence-electron chi connectivity index (χ0n) is 16.0. The van der Waals surface area contributed by atoms with Gasteiger partial charge in [0, 0.05) is 12.0 Å². The van der Waals surface area contributed by atoms with E-state index in [1.807, 2.05) is 66.2 Å². The largest absolute Gasteiger partial charge is 0.494 e. The van der Waals surface area contributed by atoms with Gasteiger partial charge in [-0.3, -0.25) is 4.79 Å². The number of Topliss-reactive ketones (excluding diaryl/α,β-unsaturated/α-hetero) is 1. The van der Waals surface area contributed by atoms with E-state index in [0.717, 1.165) is 40.4 Å². The highest BCUT2D eigenvalue weighted by atomic mass is 16.5. The molecule has 1 heterocycles. The lowest BCUT2D eigenvalue weighted by molar-refractivity contribution is 0.0912. The Hall–Kier alpha value is -2.88. The zero-order valence-corrected chi connectivity index (χ0v) is 16.0. The number of ether oxygens (including phenoxy) is 1. The van der Waals surface area contributed by atoms with Crippen LogP contribution in [-0.2, 0) is 6.42 Å². The molecule has 0 spiro atoms. The molecular weight excluding hydrogens is 336 g/mol. The highest BCUT2D eigenvalue weighted by Gasteiger charge is 2.36. The number of carbonyl (C=O) groups is 1. The highest BCUT2D eigenvalue weighted by molar-refractivity contribution is 6.04. The number of ketones is 1. The third-order valence-electron chi connectivity index (χ3n) is 4.96. The number of rotatable bonds is 4. The van der Waals surface area contributed by atoms with E-state index in [0.29, 0.717) is 13.0 Å². The number of carbonyl (C=O) groups excluding carboxylic acids is 1. The fourth-order valence-electron chi connectivity index (χ4n) is 3.82.